The third kappa shape index (κ3) is 3.65. The lowest BCUT2D eigenvalue weighted by atomic mass is 9.93. The summed E-state index contributed by atoms with van der Waals surface area (Å²) in [5.41, 5.74) is 4.44. The van der Waals surface area contributed by atoms with E-state index in [0.717, 1.165) is 35.3 Å². The molecular formula is C28H24FNO4. The molecule has 0 bridgehead atoms. The lowest BCUT2D eigenvalue weighted by Gasteiger charge is -2.26. The lowest BCUT2D eigenvalue weighted by Crippen LogP contribution is -2.29. The van der Waals surface area contributed by atoms with Crippen LogP contribution in [-0.2, 0) is 16.0 Å². The Hall–Kier alpha value is -3.93. The van der Waals surface area contributed by atoms with Crippen LogP contribution in [0.3, 0.4) is 0 Å². The number of fused-ring (bicyclic) bond motifs is 1. The van der Waals surface area contributed by atoms with Crippen molar-refractivity contribution in [2.75, 3.05) is 11.5 Å². The normalized spacial score (nSPS) is 19.1. The maximum atomic E-state index is 13.7. The minimum atomic E-state index is -0.894. The highest BCUT2D eigenvalue weighted by molar-refractivity contribution is 6.51. The first-order valence-corrected chi connectivity index (χ1v) is 11.2. The van der Waals surface area contributed by atoms with E-state index < -0.39 is 23.5 Å². The predicted octanol–water partition coefficient (Wildman–Crippen LogP) is 5.39. The standard InChI is InChI=1S/C28H24FNO4/c1-16-5-11-22(14-17(16)2)30-25(18-6-9-21(29)10-7-18)24(27(32)28(30)33)26(31)20-8-12-23-19(15-20)4-3-13-34-23/h5-12,14-15,25,31H,3-4,13H2,1-2H3/b26-24-. The lowest BCUT2D eigenvalue weighted by molar-refractivity contribution is -0.132. The number of carbonyl (C=O) groups is 2. The van der Waals surface area contributed by atoms with Gasteiger partial charge in [-0.05, 0) is 91.4 Å². The van der Waals surface area contributed by atoms with Crippen LogP contribution in [-0.4, -0.2) is 23.4 Å². The molecule has 2 aliphatic heterocycles. The zero-order chi connectivity index (χ0) is 24.0. The van der Waals surface area contributed by atoms with E-state index in [2.05, 4.69) is 0 Å². The van der Waals surface area contributed by atoms with Crippen molar-refractivity contribution in [2.45, 2.75) is 32.7 Å². The van der Waals surface area contributed by atoms with Crippen molar-refractivity contribution in [3.8, 4) is 5.75 Å². The second-order valence-electron chi connectivity index (χ2n) is 8.76. The fourth-order valence-corrected chi connectivity index (χ4v) is 4.60. The number of amides is 1. The fraction of sp³-hybridized carbons (Fsp3) is 0.214. The van der Waals surface area contributed by atoms with Gasteiger partial charge >= 0.3 is 0 Å². The number of aliphatic hydroxyl groups excluding tert-OH is 1. The van der Waals surface area contributed by atoms with Gasteiger partial charge in [-0.15, -0.1) is 0 Å². The molecule has 5 rings (SSSR count). The molecule has 1 fully saturated rings. The molecule has 1 amide bonds. The second-order valence-corrected chi connectivity index (χ2v) is 8.76. The number of nitrogens with zero attached hydrogens (tertiary/aromatic N) is 1. The molecule has 6 heteroatoms. The Morgan fingerprint density at radius 1 is 1.00 bits per heavy atom. The maximum Gasteiger partial charge on any atom is 0.300 e. The molecule has 0 aromatic heterocycles. The SMILES string of the molecule is Cc1ccc(N2C(=O)C(=O)/C(=C(\O)c3ccc4c(c3)CCCO4)C2c2ccc(F)cc2)cc1C. The van der Waals surface area contributed by atoms with Crippen LogP contribution in [0, 0.1) is 19.7 Å². The predicted molar refractivity (Wildman–Crippen MR) is 127 cm³/mol. The van der Waals surface area contributed by atoms with Gasteiger partial charge in [0.05, 0.1) is 18.2 Å². The second kappa shape index (κ2) is 8.45. The van der Waals surface area contributed by atoms with Crippen LogP contribution in [0.25, 0.3) is 5.76 Å². The van der Waals surface area contributed by atoms with Crippen LogP contribution in [0.15, 0.2) is 66.2 Å². The third-order valence-electron chi connectivity index (χ3n) is 6.58. The highest BCUT2D eigenvalue weighted by atomic mass is 19.1. The van der Waals surface area contributed by atoms with E-state index >= 15 is 0 Å². The molecule has 5 nitrogen and oxygen atoms in total. The molecule has 1 N–H and O–H groups in total. The first-order valence-electron chi connectivity index (χ1n) is 11.2. The number of anilines is 1. The van der Waals surface area contributed by atoms with Crippen LogP contribution < -0.4 is 9.64 Å². The average Bonchev–Trinajstić information content (AvgIpc) is 3.11. The van der Waals surface area contributed by atoms with Crippen molar-refractivity contribution in [3.05, 3.63) is 99.9 Å². The van der Waals surface area contributed by atoms with Gasteiger partial charge in [-0.25, -0.2) is 4.39 Å². The summed E-state index contributed by atoms with van der Waals surface area (Å²) in [6.45, 7) is 4.53. The summed E-state index contributed by atoms with van der Waals surface area (Å²) in [7, 11) is 0. The molecule has 3 aromatic rings. The van der Waals surface area contributed by atoms with Crippen LogP contribution in [0.1, 0.15) is 40.3 Å². The topological polar surface area (TPSA) is 66.8 Å². The summed E-state index contributed by atoms with van der Waals surface area (Å²) < 4.78 is 19.4. The molecule has 3 aromatic carbocycles. The first-order chi connectivity index (χ1) is 16.3. The molecule has 0 spiro atoms. The Morgan fingerprint density at radius 3 is 2.50 bits per heavy atom. The van der Waals surface area contributed by atoms with Crippen LogP contribution in [0.2, 0.25) is 0 Å². The van der Waals surface area contributed by atoms with Gasteiger partial charge in [-0.3, -0.25) is 14.5 Å². The Labute approximate surface area is 197 Å². The average molecular weight is 458 g/mol. The Balaban J connectivity index is 1.70. The van der Waals surface area contributed by atoms with Crippen molar-refractivity contribution in [1.82, 2.24) is 0 Å². The van der Waals surface area contributed by atoms with Crippen LogP contribution in [0.5, 0.6) is 5.75 Å². The van der Waals surface area contributed by atoms with Crippen LogP contribution >= 0.6 is 0 Å². The van der Waals surface area contributed by atoms with E-state index in [4.69, 9.17) is 4.74 Å². The van der Waals surface area contributed by atoms with Gasteiger partial charge in [0.1, 0.15) is 17.3 Å². The minimum Gasteiger partial charge on any atom is -0.507 e. The summed E-state index contributed by atoms with van der Waals surface area (Å²) in [5.74, 6) is -1.44. The molecule has 1 unspecified atom stereocenters. The number of aliphatic hydroxyl groups is 1. The largest absolute Gasteiger partial charge is 0.507 e. The van der Waals surface area contributed by atoms with Gasteiger partial charge in [0.2, 0.25) is 0 Å². The number of halogens is 1. The summed E-state index contributed by atoms with van der Waals surface area (Å²) >= 11 is 0. The summed E-state index contributed by atoms with van der Waals surface area (Å²) in [5, 5.41) is 11.3. The number of carbonyl (C=O) groups excluding carboxylic acids is 2. The van der Waals surface area contributed by atoms with Gasteiger partial charge in [-0.1, -0.05) is 18.2 Å². The number of hydrogen-bond donors (Lipinski definition) is 1. The molecule has 1 atom stereocenters. The summed E-state index contributed by atoms with van der Waals surface area (Å²) in [6, 6.07) is 15.5. The van der Waals surface area contributed by atoms with Gasteiger partial charge in [0.15, 0.2) is 0 Å². The first kappa shape index (κ1) is 21.9. The molecule has 2 heterocycles. The molecule has 0 saturated carbocycles. The quantitative estimate of drug-likeness (QED) is 0.325. The number of Topliss-reactive ketones (excluding diaryl/α,β-unsaturated/α-hetero) is 1. The molecule has 0 radical (unpaired) electrons. The molecular weight excluding hydrogens is 433 g/mol. The van der Waals surface area contributed by atoms with Gasteiger partial charge < -0.3 is 9.84 Å². The van der Waals surface area contributed by atoms with Gasteiger partial charge in [-0.2, -0.15) is 0 Å². The van der Waals surface area contributed by atoms with E-state index in [9.17, 15) is 19.1 Å². The van der Waals surface area contributed by atoms with Crippen molar-refractivity contribution < 1.29 is 23.8 Å². The molecule has 1 saturated heterocycles. The van der Waals surface area contributed by atoms with E-state index in [1.54, 1.807) is 24.3 Å². The molecule has 2 aliphatic rings. The summed E-state index contributed by atoms with van der Waals surface area (Å²) in [4.78, 5) is 27.9. The number of ether oxygens (including phenoxy) is 1. The number of ketones is 1. The monoisotopic (exact) mass is 457 g/mol. The fourth-order valence-electron chi connectivity index (χ4n) is 4.60. The third-order valence-corrected chi connectivity index (χ3v) is 6.58. The zero-order valence-corrected chi connectivity index (χ0v) is 19.0. The molecule has 0 aliphatic carbocycles. The van der Waals surface area contributed by atoms with E-state index in [1.807, 2.05) is 26.0 Å². The van der Waals surface area contributed by atoms with E-state index in [0.29, 0.717) is 23.4 Å². The van der Waals surface area contributed by atoms with Gasteiger partial charge in [0, 0.05) is 11.3 Å². The Kier molecular flexibility index (Phi) is 5.44. The van der Waals surface area contributed by atoms with Crippen LogP contribution in [0.4, 0.5) is 10.1 Å². The number of aryl methyl sites for hydroxylation is 3. The number of hydrogen-bond acceptors (Lipinski definition) is 4. The van der Waals surface area contributed by atoms with Gasteiger partial charge in [0.25, 0.3) is 11.7 Å². The molecule has 172 valence electrons. The number of benzene rings is 3. The maximum absolute atomic E-state index is 13.7. The smallest absolute Gasteiger partial charge is 0.300 e. The number of rotatable bonds is 3. The minimum absolute atomic E-state index is 0.0217. The highest BCUT2D eigenvalue weighted by Crippen LogP contribution is 2.43. The highest BCUT2D eigenvalue weighted by Gasteiger charge is 2.47. The van der Waals surface area contributed by atoms with Crippen molar-refractivity contribution in [1.29, 1.82) is 0 Å². The summed E-state index contributed by atoms with van der Waals surface area (Å²) in [6.07, 6.45) is 1.67. The Morgan fingerprint density at radius 2 is 1.76 bits per heavy atom. The van der Waals surface area contributed by atoms with Crippen molar-refractivity contribution >= 4 is 23.1 Å². The zero-order valence-electron chi connectivity index (χ0n) is 19.0. The van der Waals surface area contributed by atoms with Crippen molar-refractivity contribution in [3.63, 3.8) is 0 Å². The van der Waals surface area contributed by atoms with E-state index in [-0.39, 0.29) is 11.3 Å². The Bertz CT molecular complexity index is 1340. The molecule has 34 heavy (non-hydrogen) atoms. The van der Waals surface area contributed by atoms with Crippen molar-refractivity contribution in [2.24, 2.45) is 0 Å². The van der Waals surface area contributed by atoms with E-state index in [1.165, 1.54) is 29.2 Å².